The molecule has 29 heavy (non-hydrogen) atoms. The van der Waals surface area contributed by atoms with Crippen molar-refractivity contribution in [1.82, 2.24) is 20.0 Å². The van der Waals surface area contributed by atoms with E-state index in [4.69, 9.17) is 0 Å². The van der Waals surface area contributed by atoms with Gasteiger partial charge in [0.25, 0.3) is 5.91 Å². The number of urea groups is 1. The molecular weight excluding hydrogens is 372 g/mol. The van der Waals surface area contributed by atoms with Crippen molar-refractivity contribution < 1.29 is 19.2 Å². The second-order valence-corrected chi connectivity index (χ2v) is 8.36. The Labute approximate surface area is 169 Å². The molecule has 3 heterocycles. The normalized spacial score (nSPS) is 26.1. The Kier molecular flexibility index (Phi) is 5.02. The molecule has 3 saturated heterocycles. The van der Waals surface area contributed by atoms with Crippen molar-refractivity contribution in [2.24, 2.45) is 11.3 Å². The maximum Gasteiger partial charge on any atom is 0.325 e. The molecule has 0 aromatic heterocycles. The van der Waals surface area contributed by atoms with Crippen LogP contribution in [0, 0.1) is 11.3 Å². The van der Waals surface area contributed by atoms with Crippen molar-refractivity contribution in [3.05, 3.63) is 35.9 Å². The summed E-state index contributed by atoms with van der Waals surface area (Å²) in [7, 11) is 0. The highest BCUT2D eigenvalue weighted by Crippen LogP contribution is 2.46. The molecule has 8 nitrogen and oxygen atoms in total. The number of amides is 5. The highest BCUT2D eigenvalue weighted by Gasteiger charge is 2.53. The van der Waals surface area contributed by atoms with Gasteiger partial charge in [-0.3, -0.25) is 19.3 Å². The molecule has 8 heteroatoms. The number of likely N-dealkylation sites (tertiary alicyclic amines) is 2. The highest BCUT2D eigenvalue weighted by molar-refractivity contribution is 6.04. The van der Waals surface area contributed by atoms with Gasteiger partial charge in [-0.05, 0) is 18.4 Å². The minimum absolute atomic E-state index is 0.0523. The summed E-state index contributed by atoms with van der Waals surface area (Å²) in [6, 6.07) is 9.71. The SMILES string of the molecule is CC(=O)N1C[C@@H]2CN(C(=O)CN3C(=O)CNC3=O)C[C@]2(CCc2ccccc2)C1. The summed E-state index contributed by atoms with van der Waals surface area (Å²) in [4.78, 5) is 53.0. The van der Waals surface area contributed by atoms with Gasteiger partial charge in [0.15, 0.2) is 0 Å². The van der Waals surface area contributed by atoms with E-state index < -0.39 is 6.03 Å². The van der Waals surface area contributed by atoms with Crippen molar-refractivity contribution in [1.29, 1.82) is 0 Å². The molecule has 154 valence electrons. The monoisotopic (exact) mass is 398 g/mol. The van der Waals surface area contributed by atoms with E-state index in [0.717, 1.165) is 17.7 Å². The molecule has 0 unspecified atom stereocenters. The molecule has 2 atom stereocenters. The predicted octanol–water partition coefficient (Wildman–Crippen LogP) is 0.478. The Hall–Kier alpha value is -2.90. The first-order valence-electron chi connectivity index (χ1n) is 10.0. The van der Waals surface area contributed by atoms with Gasteiger partial charge < -0.3 is 15.1 Å². The zero-order valence-electron chi connectivity index (χ0n) is 16.6. The fourth-order valence-electron chi connectivity index (χ4n) is 4.86. The van der Waals surface area contributed by atoms with Gasteiger partial charge in [-0.15, -0.1) is 0 Å². The molecule has 0 saturated carbocycles. The number of nitrogens with zero attached hydrogens (tertiary/aromatic N) is 3. The van der Waals surface area contributed by atoms with Crippen LogP contribution in [-0.2, 0) is 20.8 Å². The average molecular weight is 398 g/mol. The van der Waals surface area contributed by atoms with E-state index in [-0.39, 0.29) is 42.1 Å². The molecule has 1 aromatic rings. The number of fused-ring (bicyclic) bond motifs is 1. The fourth-order valence-corrected chi connectivity index (χ4v) is 4.86. The summed E-state index contributed by atoms with van der Waals surface area (Å²) in [5.74, 6) is -0.305. The number of nitrogens with one attached hydrogen (secondary N) is 1. The summed E-state index contributed by atoms with van der Waals surface area (Å²) >= 11 is 0. The standard InChI is InChI=1S/C21H26N4O4/c1-15(26)23-10-17-11-24(19(28)12-25-18(27)9-22-20(25)29)14-21(17,13-23)8-7-16-5-3-2-4-6-16/h2-6,17H,7-14H2,1H3,(H,22,29)/t17-,21+/m1/s1. The lowest BCUT2D eigenvalue weighted by Gasteiger charge is -2.29. The molecule has 4 rings (SSSR count). The Morgan fingerprint density at radius 1 is 1.10 bits per heavy atom. The summed E-state index contributed by atoms with van der Waals surface area (Å²) < 4.78 is 0. The molecule has 0 aliphatic carbocycles. The molecule has 3 aliphatic rings. The van der Waals surface area contributed by atoms with Gasteiger partial charge in [-0.25, -0.2) is 4.79 Å². The second-order valence-electron chi connectivity index (χ2n) is 8.36. The number of aryl methyl sites for hydroxylation is 1. The number of carbonyl (C=O) groups excluding carboxylic acids is 4. The van der Waals surface area contributed by atoms with E-state index in [2.05, 4.69) is 17.4 Å². The van der Waals surface area contributed by atoms with Crippen LogP contribution in [0.1, 0.15) is 18.9 Å². The molecule has 5 amide bonds. The number of benzene rings is 1. The number of carbonyl (C=O) groups is 4. The lowest BCUT2D eigenvalue weighted by atomic mass is 9.76. The molecule has 1 aromatic carbocycles. The molecular formula is C21H26N4O4. The van der Waals surface area contributed by atoms with Crippen molar-refractivity contribution in [3.8, 4) is 0 Å². The predicted molar refractivity (Wildman–Crippen MR) is 105 cm³/mol. The summed E-state index contributed by atoms with van der Waals surface area (Å²) in [6.07, 6.45) is 1.77. The molecule has 3 fully saturated rings. The first kappa shape index (κ1) is 19.4. The van der Waals surface area contributed by atoms with Gasteiger partial charge >= 0.3 is 6.03 Å². The second kappa shape index (κ2) is 7.50. The van der Waals surface area contributed by atoms with Gasteiger partial charge in [0.05, 0.1) is 6.54 Å². The Morgan fingerprint density at radius 3 is 2.45 bits per heavy atom. The van der Waals surface area contributed by atoms with Gasteiger partial charge in [0.1, 0.15) is 6.54 Å². The number of imide groups is 1. The van der Waals surface area contributed by atoms with Crippen LogP contribution in [0.4, 0.5) is 4.79 Å². The van der Waals surface area contributed by atoms with E-state index in [9.17, 15) is 19.2 Å². The quantitative estimate of drug-likeness (QED) is 0.731. The summed E-state index contributed by atoms with van der Waals surface area (Å²) in [6.45, 7) is 3.72. The van der Waals surface area contributed by atoms with Crippen LogP contribution in [-0.4, -0.2) is 77.7 Å². The van der Waals surface area contributed by atoms with Crippen LogP contribution >= 0.6 is 0 Å². The van der Waals surface area contributed by atoms with Gasteiger partial charge in [-0.1, -0.05) is 30.3 Å². The molecule has 3 aliphatic heterocycles. The van der Waals surface area contributed by atoms with E-state index in [1.807, 2.05) is 23.1 Å². The van der Waals surface area contributed by atoms with Crippen molar-refractivity contribution in [2.45, 2.75) is 19.8 Å². The molecule has 1 N–H and O–H groups in total. The summed E-state index contributed by atoms with van der Waals surface area (Å²) in [5, 5.41) is 2.44. The summed E-state index contributed by atoms with van der Waals surface area (Å²) in [5.41, 5.74) is 1.10. The number of hydrogen-bond donors (Lipinski definition) is 1. The maximum atomic E-state index is 12.8. The van der Waals surface area contributed by atoms with E-state index in [1.54, 1.807) is 11.8 Å². The van der Waals surface area contributed by atoms with E-state index in [1.165, 1.54) is 5.56 Å². The maximum absolute atomic E-state index is 12.8. The minimum Gasteiger partial charge on any atom is -0.342 e. The lowest BCUT2D eigenvalue weighted by Crippen LogP contribution is -2.44. The van der Waals surface area contributed by atoms with Crippen LogP contribution in [0.25, 0.3) is 0 Å². The fraction of sp³-hybridized carbons (Fsp3) is 0.524. The van der Waals surface area contributed by atoms with Crippen molar-refractivity contribution in [2.75, 3.05) is 39.3 Å². The van der Waals surface area contributed by atoms with Gasteiger partial charge in [0.2, 0.25) is 11.8 Å². The van der Waals surface area contributed by atoms with Gasteiger partial charge in [0, 0.05) is 44.4 Å². The number of rotatable bonds is 5. The van der Waals surface area contributed by atoms with Gasteiger partial charge in [-0.2, -0.15) is 0 Å². The Bertz CT molecular complexity index is 826. The largest absolute Gasteiger partial charge is 0.342 e. The third kappa shape index (κ3) is 3.71. The van der Waals surface area contributed by atoms with Crippen LogP contribution in [0.15, 0.2) is 30.3 Å². The first-order valence-corrected chi connectivity index (χ1v) is 10.0. The van der Waals surface area contributed by atoms with E-state index in [0.29, 0.717) is 26.2 Å². The molecule has 0 radical (unpaired) electrons. The smallest absolute Gasteiger partial charge is 0.325 e. The zero-order chi connectivity index (χ0) is 20.6. The van der Waals surface area contributed by atoms with Crippen LogP contribution < -0.4 is 5.32 Å². The Morgan fingerprint density at radius 2 is 1.79 bits per heavy atom. The highest BCUT2D eigenvalue weighted by atomic mass is 16.2. The lowest BCUT2D eigenvalue weighted by molar-refractivity contribution is -0.136. The van der Waals surface area contributed by atoms with Crippen LogP contribution in [0.2, 0.25) is 0 Å². The topological polar surface area (TPSA) is 90.0 Å². The molecule has 0 spiro atoms. The van der Waals surface area contributed by atoms with E-state index >= 15 is 0 Å². The van der Waals surface area contributed by atoms with Crippen LogP contribution in [0.3, 0.4) is 0 Å². The first-order chi connectivity index (χ1) is 13.9. The average Bonchev–Trinajstić information content (AvgIpc) is 3.33. The third-order valence-electron chi connectivity index (χ3n) is 6.54. The van der Waals surface area contributed by atoms with Crippen molar-refractivity contribution in [3.63, 3.8) is 0 Å². The van der Waals surface area contributed by atoms with Crippen molar-refractivity contribution >= 4 is 23.8 Å². The zero-order valence-corrected chi connectivity index (χ0v) is 16.6. The Balaban J connectivity index is 1.46. The third-order valence-corrected chi connectivity index (χ3v) is 6.54. The number of hydrogen-bond acceptors (Lipinski definition) is 4. The minimum atomic E-state index is -0.510. The molecule has 0 bridgehead atoms. The van der Waals surface area contributed by atoms with Crippen LogP contribution in [0.5, 0.6) is 0 Å².